The Balaban J connectivity index is 2.37. The molecule has 2 nitrogen and oxygen atoms in total. The summed E-state index contributed by atoms with van der Waals surface area (Å²) in [5.74, 6) is 2.07. The summed E-state index contributed by atoms with van der Waals surface area (Å²) in [6, 6.07) is 0. The zero-order valence-electron chi connectivity index (χ0n) is 9.10. The molecule has 6 heteroatoms. The Morgan fingerprint density at radius 2 is 1.79 bits per heavy atom. The fourth-order valence-electron chi connectivity index (χ4n) is 0.713. The Labute approximate surface area is 98.1 Å². The molecular weight excluding hydrogens is 255 g/mol. The van der Waals surface area contributed by atoms with Crippen LogP contribution in [0.4, 0.5) is 0 Å². The first-order chi connectivity index (χ1) is 6.34. The summed E-state index contributed by atoms with van der Waals surface area (Å²) in [5, 5.41) is 0. The second kappa shape index (κ2) is 4.72. The van der Waals surface area contributed by atoms with Gasteiger partial charge in [0.05, 0.1) is 0 Å². The molecule has 0 aromatic rings. The van der Waals surface area contributed by atoms with E-state index in [2.05, 4.69) is 27.7 Å². The van der Waals surface area contributed by atoms with Crippen molar-refractivity contribution >= 4 is 36.9 Å². The molecule has 1 heterocycles. The van der Waals surface area contributed by atoms with E-state index in [0.717, 1.165) is 5.75 Å². The van der Waals surface area contributed by atoms with Crippen LogP contribution in [0.2, 0.25) is 0 Å². The summed E-state index contributed by atoms with van der Waals surface area (Å²) in [6.07, 6.45) is 0. The minimum atomic E-state index is -2.79. The van der Waals surface area contributed by atoms with Crippen LogP contribution in [-0.4, -0.2) is 17.3 Å². The standard InChI is InChI=1S/C8H19O2PS3/c1-7(2)5-10-11(9,13-14-11)12-6-8(3)4/h7-9H,5-6H2,1-4H3. The maximum atomic E-state index is 10.4. The molecule has 1 aliphatic rings. The number of hydrogen-bond acceptors (Lipinski definition) is 5. The van der Waals surface area contributed by atoms with Crippen molar-refractivity contribution in [1.82, 2.24) is 0 Å². The maximum absolute atomic E-state index is 10.4. The second-order valence-corrected chi connectivity index (χ2v) is 19.5. The molecule has 0 amide bonds. The van der Waals surface area contributed by atoms with Gasteiger partial charge in [0.2, 0.25) is 0 Å². The van der Waals surface area contributed by atoms with Crippen molar-refractivity contribution in [3.63, 3.8) is 0 Å². The summed E-state index contributed by atoms with van der Waals surface area (Å²) in [7, 11) is 3.09. The predicted octanol–water partition coefficient (Wildman–Crippen LogP) is 4.56. The topological polar surface area (TPSA) is 29.5 Å². The molecule has 86 valence electrons. The van der Waals surface area contributed by atoms with Crippen molar-refractivity contribution in [2.45, 2.75) is 27.7 Å². The molecule has 0 saturated carbocycles. The fourth-order valence-corrected chi connectivity index (χ4v) is 15.5. The van der Waals surface area contributed by atoms with E-state index in [9.17, 15) is 4.89 Å². The summed E-state index contributed by atoms with van der Waals surface area (Å²) >= 11 is 1.63. The van der Waals surface area contributed by atoms with E-state index in [1.807, 2.05) is 0 Å². The van der Waals surface area contributed by atoms with Gasteiger partial charge in [0.15, 0.2) is 0 Å². The van der Waals surface area contributed by atoms with Gasteiger partial charge in [-0.25, -0.2) is 0 Å². The van der Waals surface area contributed by atoms with E-state index in [1.165, 1.54) is 0 Å². The van der Waals surface area contributed by atoms with Crippen molar-refractivity contribution in [2.75, 3.05) is 12.4 Å². The number of rotatable bonds is 6. The molecule has 0 aromatic carbocycles. The van der Waals surface area contributed by atoms with Gasteiger partial charge in [-0.05, 0) is 0 Å². The molecular formula is C8H19O2PS3. The van der Waals surface area contributed by atoms with Crippen LogP contribution in [0.3, 0.4) is 0 Å². The van der Waals surface area contributed by atoms with Gasteiger partial charge in [0, 0.05) is 0 Å². The first-order valence-corrected chi connectivity index (χ1v) is 11.9. The van der Waals surface area contributed by atoms with Gasteiger partial charge in [-0.1, -0.05) is 0 Å². The third-order valence-electron chi connectivity index (χ3n) is 1.51. The third kappa shape index (κ3) is 4.11. The average Bonchev–Trinajstić information content (AvgIpc) is 2.76. The van der Waals surface area contributed by atoms with Crippen molar-refractivity contribution < 1.29 is 9.42 Å². The monoisotopic (exact) mass is 274 g/mol. The Morgan fingerprint density at radius 3 is 2.14 bits per heavy atom. The summed E-state index contributed by atoms with van der Waals surface area (Å²) in [5.41, 5.74) is 0. The molecule has 1 aliphatic heterocycles. The predicted molar refractivity (Wildman–Crippen MR) is 72.4 cm³/mol. The van der Waals surface area contributed by atoms with Crippen LogP contribution >= 0.6 is 36.9 Å². The third-order valence-corrected chi connectivity index (χ3v) is 18.0. The fraction of sp³-hybridized carbons (Fsp3) is 1.00. The SMILES string of the molecule is CC(C)COP1(O)(SCC(C)C)SS1. The zero-order valence-corrected chi connectivity index (χ0v) is 12.4. The van der Waals surface area contributed by atoms with Crippen molar-refractivity contribution in [2.24, 2.45) is 11.8 Å². The molecule has 0 atom stereocenters. The van der Waals surface area contributed by atoms with Crippen molar-refractivity contribution in [3.05, 3.63) is 0 Å². The van der Waals surface area contributed by atoms with Gasteiger partial charge >= 0.3 is 98.2 Å². The summed E-state index contributed by atoms with van der Waals surface area (Å²) < 4.78 is 2.92. The van der Waals surface area contributed by atoms with Gasteiger partial charge in [-0.15, -0.1) is 0 Å². The zero-order chi connectivity index (χ0) is 10.8. The van der Waals surface area contributed by atoms with Crippen LogP contribution in [0.5, 0.6) is 0 Å². The molecule has 0 unspecified atom stereocenters. The van der Waals surface area contributed by atoms with E-state index in [1.54, 1.807) is 32.2 Å². The molecule has 0 aromatic heterocycles. The van der Waals surface area contributed by atoms with E-state index in [4.69, 9.17) is 4.52 Å². The van der Waals surface area contributed by atoms with E-state index in [-0.39, 0.29) is 0 Å². The second-order valence-electron chi connectivity index (χ2n) is 4.30. The van der Waals surface area contributed by atoms with Crippen molar-refractivity contribution in [3.8, 4) is 0 Å². The van der Waals surface area contributed by atoms with E-state index < -0.39 is 4.66 Å². The van der Waals surface area contributed by atoms with Gasteiger partial charge in [-0.3, -0.25) is 0 Å². The van der Waals surface area contributed by atoms with E-state index >= 15 is 0 Å². The van der Waals surface area contributed by atoms with Crippen LogP contribution in [0.15, 0.2) is 0 Å². The van der Waals surface area contributed by atoms with Crippen LogP contribution in [-0.2, 0) is 4.52 Å². The Morgan fingerprint density at radius 1 is 1.21 bits per heavy atom. The quantitative estimate of drug-likeness (QED) is 0.435. The molecule has 0 bridgehead atoms. The van der Waals surface area contributed by atoms with Gasteiger partial charge in [0.1, 0.15) is 0 Å². The summed E-state index contributed by atoms with van der Waals surface area (Å²) in [4.78, 5) is 10.4. The van der Waals surface area contributed by atoms with Gasteiger partial charge in [-0.2, -0.15) is 0 Å². The molecule has 1 rings (SSSR count). The molecule has 14 heavy (non-hydrogen) atoms. The molecule has 0 radical (unpaired) electrons. The molecule has 1 N–H and O–H groups in total. The van der Waals surface area contributed by atoms with Gasteiger partial charge in [0.25, 0.3) is 0 Å². The first-order valence-electron chi connectivity index (χ1n) is 4.80. The Bertz CT molecular complexity index is 191. The Hall–Kier alpha value is 1.40. The molecule has 1 saturated heterocycles. The summed E-state index contributed by atoms with van der Waals surface area (Å²) in [6.45, 7) is 9.21. The van der Waals surface area contributed by atoms with Crippen LogP contribution in [0.1, 0.15) is 27.7 Å². The van der Waals surface area contributed by atoms with Crippen molar-refractivity contribution in [1.29, 1.82) is 0 Å². The minimum absolute atomic E-state index is 0.489. The molecule has 1 fully saturated rings. The average molecular weight is 274 g/mol. The van der Waals surface area contributed by atoms with Crippen LogP contribution < -0.4 is 0 Å². The van der Waals surface area contributed by atoms with E-state index in [0.29, 0.717) is 18.4 Å². The molecule has 0 spiro atoms. The molecule has 0 aliphatic carbocycles. The normalized spacial score (nSPS) is 26.1. The van der Waals surface area contributed by atoms with Crippen LogP contribution in [0, 0.1) is 11.8 Å². The van der Waals surface area contributed by atoms with Gasteiger partial charge < -0.3 is 0 Å². The number of hydrogen-bond donors (Lipinski definition) is 1. The van der Waals surface area contributed by atoms with Crippen LogP contribution in [0.25, 0.3) is 0 Å². The Kier molecular flexibility index (Phi) is 4.54. The first kappa shape index (κ1) is 13.5.